The van der Waals surface area contributed by atoms with E-state index in [0.717, 1.165) is 45.3 Å². The van der Waals surface area contributed by atoms with Crippen LogP contribution in [0.15, 0.2) is 30.3 Å². The van der Waals surface area contributed by atoms with Gasteiger partial charge in [-0.2, -0.15) is 0 Å². The van der Waals surface area contributed by atoms with E-state index in [2.05, 4.69) is 45.4 Å². The van der Waals surface area contributed by atoms with Crippen molar-refractivity contribution in [3.63, 3.8) is 0 Å². The van der Waals surface area contributed by atoms with Crippen LogP contribution >= 0.6 is 0 Å². The zero-order chi connectivity index (χ0) is 18.9. The maximum Gasteiger partial charge on any atom is 0.224 e. The van der Waals surface area contributed by atoms with Crippen molar-refractivity contribution < 1.29 is 4.79 Å². The van der Waals surface area contributed by atoms with Gasteiger partial charge in [0.15, 0.2) is 0 Å². The molecule has 2 fully saturated rings. The lowest BCUT2D eigenvalue weighted by Gasteiger charge is -2.42. The van der Waals surface area contributed by atoms with Gasteiger partial charge in [-0.05, 0) is 70.3 Å². The predicted octanol–water partition coefficient (Wildman–Crippen LogP) is 1.87. The van der Waals surface area contributed by atoms with Crippen molar-refractivity contribution in [3.8, 4) is 0 Å². The summed E-state index contributed by atoms with van der Waals surface area (Å²) in [5.41, 5.74) is 6.94. The smallest absolute Gasteiger partial charge is 0.224 e. The van der Waals surface area contributed by atoms with Gasteiger partial charge in [-0.25, -0.2) is 0 Å². The van der Waals surface area contributed by atoms with Crippen molar-refractivity contribution in [1.82, 2.24) is 15.1 Å². The Morgan fingerprint density at radius 3 is 2.63 bits per heavy atom. The minimum atomic E-state index is 0.160. The fourth-order valence-corrected chi connectivity index (χ4v) is 4.45. The fourth-order valence-electron chi connectivity index (χ4n) is 4.45. The van der Waals surface area contributed by atoms with Crippen LogP contribution in [0.25, 0.3) is 0 Å². The van der Waals surface area contributed by atoms with E-state index in [1.165, 1.54) is 31.5 Å². The Morgan fingerprint density at radius 1 is 1.11 bits per heavy atom. The van der Waals surface area contributed by atoms with Crippen molar-refractivity contribution in [2.75, 3.05) is 45.8 Å². The molecular formula is C22H36N4O. The molecular weight excluding hydrogens is 336 g/mol. The third kappa shape index (κ3) is 6.30. The molecule has 2 saturated heterocycles. The van der Waals surface area contributed by atoms with Gasteiger partial charge in [-0.1, -0.05) is 30.3 Å². The molecule has 5 nitrogen and oxygen atoms in total. The van der Waals surface area contributed by atoms with E-state index < -0.39 is 0 Å². The number of rotatable bonds is 8. The van der Waals surface area contributed by atoms with Crippen molar-refractivity contribution in [1.29, 1.82) is 0 Å². The lowest BCUT2D eigenvalue weighted by Crippen LogP contribution is -2.51. The zero-order valence-electron chi connectivity index (χ0n) is 16.6. The van der Waals surface area contributed by atoms with E-state index in [1.54, 1.807) is 0 Å². The Hall–Kier alpha value is -1.43. The van der Waals surface area contributed by atoms with Gasteiger partial charge in [0.2, 0.25) is 5.91 Å². The Morgan fingerprint density at radius 2 is 1.89 bits per heavy atom. The number of carbonyl (C=O) groups is 1. The molecule has 1 atom stereocenters. The lowest BCUT2D eigenvalue weighted by molar-refractivity contribution is -0.127. The number of benzene rings is 1. The lowest BCUT2D eigenvalue weighted by atomic mass is 9.93. The molecule has 0 aliphatic carbocycles. The second-order valence-corrected chi connectivity index (χ2v) is 8.08. The molecule has 2 heterocycles. The first-order chi connectivity index (χ1) is 13.3. The summed E-state index contributed by atoms with van der Waals surface area (Å²) < 4.78 is 0. The van der Waals surface area contributed by atoms with Gasteiger partial charge < -0.3 is 16.0 Å². The maximum absolute atomic E-state index is 12.4. The molecule has 0 bridgehead atoms. The van der Waals surface area contributed by atoms with Crippen LogP contribution in [0, 0.1) is 5.92 Å². The van der Waals surface area contributed by atoms with Crippen LogP contribution in [0.3, 0.4) is 0 Å². The molecule has 3 N–H and O–H groups in total. The van der Waals surface area contributed by atoms with Gasteiger partial charge in [-0.15, -0.1) is 0 Å². The Bertz CT molecular complexity index is 557. The summed E-state index contributed by atoms with van der Waals surface area (Å²) in [7, 11) is 0. The molecule has 1 aromatic carbocycles. The van der Waals surface area contributed by atoms with E-state index in [4.69, 9.17) is 5.73 Å². The normalized spacial score (nSPS) is 22.6. The number of likely N-dealkylation sites (tertiary alicyclic amines) is 2. The average Bonchev–Trinajstić information content (AvgIpc) is 2.73. The summed E-state index contributed by atoms with van der Waals surface area (Å²) in [5.74, 6) is 0.390. The number of hydrogen-bond acceptors (Lipinski definition) is 4. The van der Waals surface area contributed by atoms with Gasteiger partial charge >= 0.3 is 0 Å². The molecule has 1 amide bonds. The van der Waals surface area contributed by atoms with Crippen LogP contribution < -0.4 is 11.1 Å². The number of piperidine rings is 2. The largest absolute Gasteiger partial charge is 0.356 e. The van der Waals surface area contributed by atoms with Gasteiger partial charge in [0.25, 0.3) is 0 Å². The van der Waals surface area contributed by atoms with Crippen molar-refractivity contribution >= 4 is 5.91 Å². The highest BCUT2D eigenvalue weighted by Gasteiger charge is 2.31. The molecule has 0 saturated carbocycles. The van der Waals surface area contributed by atoms with Crippen molar-refractivity contribution in [2.24, 2.45) is 11.7 Å². The van der Waals surface area contributed by atoms with Crippen LogP contribution in [-0.2, 0) is 11.2 Å². The monoisotopic (exact) mass is 372 g/mol. The summed E-state index contributed by atoms with van der Waals surface area (Å²) in [4.78, 5) is 17.6. The van der Waals surface area contributed by atoms with Crippen molar-refractivity contribution in [2.45, 2.75) is 44.6 Å². The highest BCUT2D eigenvalue weighted by atomic mass is 16.1. The first-order valence-corrected chi connectivity index (χ1v) is 10.7. The van der Waals surface area contributed by atoms with E-state index in [-0.39, 0.29) is 11.8 Å². The van der Waals surface area contributed by atoms with Crippen LogP contribution in [0.2, 0.25) is 0 Å². The number of nitrogens with one attached hydrogen (secondary N) is 1. The van der Waals surface area contributed by atoms with Gasteiger partial charge in [-0.3, -0.25) is 9.69 Å². The molecule has 2 aliphatic heterocycles. The van der Waals surface area contributed by atoms with Gasteiger partial charge in [0, 0.05) is 25.7 Å². The topological polar surface area (TPSA) is 61.6 Å². The molecule has 0 spiro atoms. The highest BCUT2D eigenvalue weighted by molar-refractivity contribution is 5.78. The van der Waals surface area contributed by atoms with Gasteiger partial charge in [0.05, 0.1) is 5.92 Å². The molecule has 3 rings (SSSR count). The second-order valence-electron chi connectivity index (χ2n) is 8.08. The first kappa shape index (κ1) is 20.3. The first-order valence-electron chi connectivity index (χ1n) is 10.7. The van der Waals surface area contributed by atoms with Gasteiger partial charge in [0.1, 0.15) is 0 Å². The van der Waals surface area contributed by atoms with Crippen LogP contribution in [0.4, 0.5) is 0 Å². The SMILES string of the molecule is NCCCNC(=O)[C@@H]1CCCN(C2CCN(CCc3ccccc3)CC2)C1. The molecule has 0 aromatic heterocycles. The number of carbonyl (C=O) groups excluding carboxylic acids is 1. The molecule has 27 heavy (non-hydrogen) atoms. The van der Waals surface area contributed by atoms with E-state index >= 15 is 0 Å². The highest BCUT2D eigenvalue weighted by Crippen LogP contribution is 2.24. The van der Waals surface area contributed by atoms with Crippen LogP contribution in [0.1, 0.15) is 37.7 Å². The Balaban J connectivity index is 1.39. The second kappa shape index (κ2) is 10.8. The number of nitrogens with zero attached hydrogens (tertiary/aromatic N) is 2. The zero-order valence-corrected chi connectivity index (χ0v) is 16.6. The quantitative estimate of drug-likeness (QED) is 0.684. The minimum Gasteiger partial charge on any atom is -0.356 e. The molecule has 150 valence electrons. The number of nitrogens with two attached hydrogens (primary N) is 1. The summed E-state index contributed by atoms with van der Waals surface area (Å²) in [6, 6.07) is 11.4. The summed E-state index contributed by atoms with van der Waals surface area (Å²) in [6.07, 6.45) is 6.64. The van der Waals surface area contributed by atoms with Crippen molar-refractivity contribution in [3.05, 3.63) is 35.9 Å². The van der Waals surface area contributed by atoms with Crippen LogP contribution in [0.5, 0.6) is 0 Å². The number of hydrogen-bond donors (Lipinski definition) is 2. The van der Waals surface area contributed by atoms with E-state index in [1.807, 2.05) is 0 Å². The molecule has 1 aromatic rings. The predicted molar refractivity (Wildman–Crippen MR) is 111 cm³/mol. The standard InChI is InChI=1S/C22H36N4O/c23-12-5-13-24-22(27)20-8-4-14-26(18-20)21-10-16-25(17-11-21)15-9-19-6-2-1-3-7-19/h1-3,6-7,20-21H,4-5,8-18,23H2,(H,24,27)/t20-/m1/s1. The Kier molecular flexibility index (Phi) is 8.11. The van der Waals surface area contributed by atoms with E-state index in [0.29, 0.717) is 19.1 Å². The third-order valence-electron chi connectivity index (χ3n) is 6.14. The fraction of sp³-hybridized carbons (Fsp3) is 0.682. The maximum atomic E-state index is 12.4. The van der Waals surface area contributed by atoms with E-state index in [9.17, 15) is 4.79 Å². The number of amides is 1. The summed E-state index contributed by atoms with van der Waals surface area (Å²) in [6.45, 7) is 6.96. The van der Waals surface area contributed by atoms with Crippen LogP contribution in [-0.4, -0.2) is 67.6 Å². The third-order valence-corrected chi connectivity index (χ3v) is 6.14. The summed E-state index contributed by atoms with van der Waals surface area (Å²) in [5, 5.41) is 3.06. The minimum absolute atomic E-state index is 0.160. The molecule has 5 heteroatoms. The molecule has 0 radical (unpaired) electrons. The summed E-state index contributed by atoms with van der Waals surface area (Å²) >= 11 is 0. The Labute approximate surface area is 164 Å². The molecule has 0 unspecified atom stereocenters. The molecule has 2 aliphatic rings. The average molecular weight is 373 g/mol.